The molecule has 17 heteroatoms. The van der Waals surface area contributed by atoms with E-state index in [1.165, 1.54) is 13.8 Å². The maximum Gasteiger partial charge on any atom is 0.326 e. The number of carbonyl (C=O) groups is 8. The van der Waals surface area contributed by atoms with Crippen LogP contribution in [0.1, 0.15) is 83.4 Å². The molecule has 0 spiro atoms. The Balaban J connectivity index is 1.49. The molecule has 0 aliphatic carbocycles. The number of hydrogen-bond donors (Lipinski definition) is 9. The van der Waals surface area contributed by atoms with Gasteiger partial charge in [0.25, 0.3) is 0 Å². The van der Waals surface area contributed by atoms with Gasteiger partial charge in [-0.15, -0.1) is 0 Å². The number of fused-ring (bicyclic) bond motifs is 1. The molecule has 4 aromatic rings. The van der Waals surface area contributed by atoms with Crippen molar-refractivity contribution in [2.45, 2.75) is 109 Å². The second-order valence-corrected chi connectivity index (χ2v) is 16.4. The molecule has 0 bridgehead atoms. The molecule has 3 aromatic carbocycles. The van der Waals surface area contributed by atoms with Gasteiger partial charge in [-0.05, 0) is 47.9 Å². The predicted molar refractivity (Wildman–Crippen MR) is 238 cm³/mol. The molecule has 6 amide bonds. The van der Waals surface area contributed by atoms with E-state index >= 15 is 0 Å². The molecule has 0 unspecified atom stereocenters. The number of hydrogen-bond acceptors (Lipinski definition) is 8. The number of benzene rings is 3. The lowest BCUT2D eigenvalue weighted by Gasteiger charge is -2.30. The van der Waals surface area contributed by atoms with Crippen LogP contribution in [0.5, 0.6) is 0 Å². The van der Waals surface area contributed by atoms with Crippen LogP contribution < -0.4 is 31.9 Å². The molecule has 0 saturated heterocycles. The standard InChI is InChI=1S/C47H59N7O10/c1-7-27(4)40(45(61)53-37(47(63)64)23-32-25-48-34-21-15-14-20-33(32)34)54-42(58)28(5)49-43(59)36(24-38(56)57)51-44(60)35(22-26(2)3)52-46(62)41(50-29(6)55)39(30-16-10-8-11-17-30)31-18-12-9-13-19-31/h8-21,25-28,35-37,39-41,48H,7,22-24H2,1-6H3,(H,49,59)(H,50,55)(H,51,60)(H,52,62)(H,53,61)(H,54,58)(H,56,57)(H,63,64)/t27-,28-,35-,36-,37-,40-,41-/m0/s1. The zero-order chi connectivity index (χ0) is 47.1. The van der Waals surface area contributed by atoms with Gasteiger partial charge in [0.1, 0.15) is 36.3 Å². The number of aliphatic carboxylic acids is 2. The molecule has 0 saturated carbocycles. The first-order valence-electron chi connectivity index (χ1n) is 21.3. The average molecular weight is 882 g/mol. The monoisotopic (exact) mass is 881 g/mol. The molecule has 17 nitrogen and oxygen atoms in total. The van der Waals surface area contributed by atoms with Crippen molar-refractivity contribution in [1.29, 1.82) is 0 Å². The summed E-state index contributed by atoms with van der Waals surface area (Å²) >= 11 is 0. The smallest absolute Gasteiger partial charge is 0.326 e. The van der Waals surface area contributed by atoms with E-state index in [9.17, 15) is 48.6 Å². The minimum Gasteiger partial charge on any atom is -0.481 e. The summed E-state index contributed by atoms with van der Waals surface area (Å²) in [7, 11) is 0. The van der Waals surface area contributed by atoms with Crippen molar-refractivity contribution in [2.24, 2.45) is 11.8 Å². The van der Waals surface area contributed by atoms with Gasteiger partial charge in [-0.2, -0.15) is 0 Å². The van der Waals surface area contributed by atoms with Crippen molar-refractivity contribution in [2.75, 3.05) is 0 Å². The number of rotatable bonds is 23. The average Bonchev–Trinajstić information content (AvgIpc) is 3.66. The third-order valence-electron chi connectivity index (χ3n) is 10.9. The number of aromatic amines is 1. The van der Waals surface area contributed by atoms with Crippen LogP contribution in [0, 0.1) is 11.8 Å². The first-order valence-corrected chi connectivity index (χ1v) is 21.3. The molecular weight excluding hydrogens is 823 g/mol. The van der Waals surface area contributed by atoms with E-state index in [1.54, 1.807) is 58.2 Å². The Morgan fingerprint density at radius 2 is 1.12 bits per heavy atom. The van der Waals surface area contributed by atoms with Crippen LogP contribution in [-0.4, -0.2) is 98.8 Å². The van der Waals surface area contributed by atoms with Crippen molar-refractivity contribution in [3.8, 4) is 0 Å². The highest BCUT2D eigenvalue weighted by Crippen LogP contribution is 2.29. The number of carboxylic acid groups (broad SMARTS) is 2. The number of carboxylic acids is 2. The molecular formula is C47H59N7O10. The fourth-order valence-corrected chi connectivity index (χ4v) is 7.38. The van der Waals surface area contributed by atoms with Crippen LogP contribution in [0.3, 0.4) is 0 Å². The molecule has 342 valence electrons. The third-order valence-corrected chi connectivity index (χ3v) is 10.9. The fourth-order valence-electron chi connectivity index (χ4n) is 7.38. The molecule has 0 aliphatic rings. The van der Waals surface area contributed by atoms with Gasteiger partial charge in [-0.1, -0.05) is 113 Å². The summed E-state index contributed by atoms with van der Waals surface area (Å²) < 4.78 is 0. The zero-order valence-corrected chi connectivity index (χ0v) is 36.8. The fraction of sp³-hybridized carbons (Fsp3) is 0.404. The molecule has 0 aliphatic heterocycles. The van der Waals surface area contributed by atoms with Crippen LogP contribution in [0.2, 0.25) is 0 Å². The van der Waals surface area contributed by atoms with Crippen LogP contribution in [0.25, 0.3) is 10.9 Å². The van der Waals surface area contributed by atoms with Crippen LogP contribution >= 0.6 is 0 Å². The van der Waals surface area contributed by atoms with Crippen molar-refractivity contribution in [1.82, 2.24) is 36.9 Å². The van der Waals surface area contributed by atoms with Crippen molar-refractivity contribution < 1.29 is 48.6 Å². The van der Waals surface area contributed by atoms with E-state index < -0.39 is 102 Å². The molecule has 9 N–H and O–H groups in total. The normalized spacial score (nSPS) is 14.5. The van der Waals surface area contributed by atoms with Crippen molar-refractivity contribution in [3.05, 3.63) is 108 Å². The zero-order valence-electron chi connectivity index (χ0n) is 36.8. The molecule has 0 fully saturated rings. The SMILES string of the molecule is CC[C@H](C)[C@H](NC(=O)[C@H](C)NC(=O)[C@H](CC(=O)O)NC(=O)[C@H](CC(C)C)NC(=O)[C@@H](NC(C)=O)C(c1ccccc1)c1ccccc1)C(=O)N[C@@H](Cc1c[nH]c2ccccc12)C(=O)O. The summed E-state index contributed by atoms with van der Waals surface area (Å²) in [5, 5.41) is 36.0. The molecule has 0 radical (unpaired) electrons. The van der Waals surface area contributed by atoms with E-state index in [0.29, 0.717) is 23.1 Å². The van der Waals surface area contributed by atoms with E-state index in [2.05, 4.69) is 36.9 Å². The Morgan fingerprint density at radius 3 is 1.67 bits per heavy atom. The minimum absolute atomic E-state index is 0.0467. The largest absolute Gasteiger partial charge is 0.481 e. The molecule has 1 heterocycles. The number of H-pyrrole nitrogens is 1. The molecule has 4 rings (SSSR count). The summed E-state index contributed by atoms with van der Waals surface area (Å²) in [6.07, 6.45) is 1.20. The van der Waals surface area contributed by atoms with Crippen LogP contribution in [0.15, 0.2) is 91.1 Å². The highest BCUT2D eigenvalue weighted by Gasteiger charge is 2.37. The quantitative estimate of drug-likeness (QED) is 0.0526. The van der Waals surface area contributed by atoms with Crippen molar-refractivity contribution in [3.63, 3.8) is 0 Å². The number of carbonyl (C=O) groups excluding carboxylic acids is 6. The summed E-state index contributed by atoms with van der Waals surface area (Å²) in [6.45, 7) is 9.64. The van der Waals surface area contributed by atoms with E-state index in [4.69, 9.17) is 0 Å². The van der Waals surface area contributed by atoms with Gasteiger partial charge in [0.2, 0.25) is 35.4 Å². The topological polar surface area (TPSA) is 265 Å². The first kappa shape index (κ1) is 49.6. The highest BCUT2D eigenvalue weighted by atomic mass is 16.4. The molecule has 7 atom stereocenters. The summed E-state index contributed by atoms with van der Waals surface area (Å²) in [6, 6.07) is 17.3. The Bertz CT molecular complexity index is 2230. The van der Waals surface area contributed by atoms with E-state index in [1.807, 2.05) is 60.7 Å². The maximum atomic E-state index is 14.2. The van der Waals surface area contributed by atoms with Crippen LogP contribution in [-0.2, 0) is 44.8 Å². The number of amides is 6. The summed E-state index contributed by atoms with van der Waals surface area (Å²) in [5.41, 5.74) is 2.89. The Hall–Kier alpha value is -7.04. The molecule has 1 aromatic heterocycles. The predicted octanol–water partition coefficient (Wildman–Crippen LogP) is 3.14. The highest BCUT2D eigenvalue weighted by molar-refractivity contribution is 5.98. The summed E-state index contributed by atoms with van der Waals surface area (Å²) in [4.78, 5) is 109. The maximum absolute atomic E-state index is 14.2. The number of nitrogens with one attached hydrogen (secondary N) is 7. The van der Waals surface area contributed by atoms with Gasteiger partial charge in [-0.25, -0.2) is 4.79 Å². The summed E-state index contributed by atoms with van der Waals surface area (Å²) in [5.74, 6) is -8.80. The Morgan fingerprint density at radius 1 is 0.594 bits per heavy atom. The number of aromatic nitrogens is 1. The second-order valence-electron chi connectivity index (χ2n) is 16.4. The van der Waals surface area contributed by atoms with Gasteiger partial charge >= 0.3 is 11.9 Å². The third kappa shape index (κ3) is 14.0. The molecule has 64 heavy (non-hydrogen) atoms. The Labute approximate surface area is 371 Å². The van der Waals surface area contributed by atoms with Crippen molar-refractivity contribution >= 4 is 58.3 Å². The Kier molecular flexibility index (Phi) is 18.2. The van der Waals surface area contributed by atoms with Gasteiger partial charge in [0, 0.05) is 36.4 Å². The van der Waals surface area contributed by atoms with Gasteiger partial charge in [0.15, 0.2) is 0 Å². The number of para-hydroxylation sites is 1. The second kappa shape index (κ2) is 23.4. The lowest BCUT2D eigenvalue weighted by atomic mass is 9.84. The van der Waals surface area contributed by atoms with Gasteiger partial charge < -0.3 is 47.1 Å². The first-order chi connectivity index (χ1) is 30.4. The van der Waals surface area contributed by atoms with Crippen LogP contribution in [0.4, 0.5) is 0 Å². The van der Waals surface area contributed by atoms with E-state index in [-0.39, 0.29) is 18.8 Å². The lowest BCUT2D eigenvalue weighted by Crippen LogP contribution is -2.60. The van der Waals surface area contributed by atoms with Gasteiger partial charge in [0.05, 0.1) is 6.42 Å². The van der Waals surface area contributed by atoms with E-state index in [0.717, 1.165) is 10.9 Å². The van der Waals surface area contributed by atoms with Gasteiger partial charge in [-0.3, -0.25) is 33.6 Å². The lowest BCUT2D eigenvalue weighted by molar-refractivity contribution is -0.142. The minimum atomic E-state index is -1.71.